The smallest absolute Gasteiger partial charge is 0.137 e. The Labute approximate surface area is 299 Å². The molecule has 0 saturated carbocycles. The van der Waals surface area contributed by atoms with E-state index in [-0.39, 0.29) is 0 Å². The van der Waals surface area contributed by atoms with E-state index in [1.54, 1.807) is 11.3 Å². The zero-order chi connectivity index (χ0) is 33.7. The van der Waals surface area contributed by atoms with Crippen LogP contribution in [0.5, 0.6) is 0 Å². The molecule has 0 unspecified atom stereocenters. The predicted molar refractivity (Wildman–Crippen MR) is 215 cm³/mol. The standard InChI is InChI=1S/C47H30N2OS/c1-3-9-31(10-4-1)33-15-21-38(22-16-33)49(40-25-19-32-11-7-8-14-36(32)27-40)39-23-17-34(18-24-39)37-20-26-41-42-29-46-43(30-45(42)50-44(41)28-37)48-47(51-46)35-12-5-2-6-13-35/h1-30H. The van der Waals surface area contributed by atoms with Crippen LogP contribution >= 0.6 is 11.3 Å². The van der Waals surface area contributed by atoms with Crippen molar-refractivity contribution < 1.29 is 4.42 Å². The predicted octanol–water partition coefficient (Wildman–Crippen LogP) is 13.8. The maximum atomic E-state index is 6.45. The Bertz CT molecular complexity index is 2840. The molecule has 2 heterocycles. The van der Waals surface area contributed by atoms with E-state index >= 15 is 0 Å². The molecule has 0 spiro atoms. The number of hydrogen-bond acceptors (Lipinski definition) is 4. The Hall–Kier alpha value is -6.49. The second-order valence-corrected chi connectivity index (χ2v) is 13.9. The minimum Gasteiger partial charge on any atom is -0.456 e. The molecule has 3 nitrogen and oxygen atoms in total. The van der Waals surface area contributed by atoms with Gasteiger partial charge in [-0.25, -0.2) is 4.98 Å². The Morgan fingerprint density at radius 1 is 0.412 bits per heavy atom. The van der Waals surface area contributed by atoms with Crippen molar-refractivity contribution in [1.82, 2.24) is 4.98 Å². The minimum atomic E-state index is 0.860. The number of thiazole rings is 1. The maximum Gasteiger partial charge on any atom is 0.137 e. The van der Waals surface area contributed by atoms with Crippen LogP contribution in [0.15, 0.2) is 186 Å². The van der Waals surface area contributed by atoms with Crippen LogP contribution in [0.1, 0.15) is 0 Å². The van der Waals surface area contributed by atoms with Crippen LogP contribution in [0.2, 0.25) is 0 Å². The molecule has 8 aromatic carbocycles. The zero-order valence-electron chi connectivity index (χ0n) is 27.5. The molecular weight excluding hydrogens is 641 g/mol. The summed E-state index contributed by atoms with van der Waals surface area (Å²) in [7, 11) is 0. The summed E-state index contributed by atoms with van der Waals surface area (Å²) < 4.78 is 7.61. The van der Waals surface area contributed by atoms with Gasteiger partial charge in [-0.15, -0.1) is 11.3 Å². The van der Waals surface area contributed by atoms with Gasteiger partial charge in [-0.2, -0.15) is 0 Å². The summed E-state index contributed by atoms with van der Waals surface area (Å²) in [6, 6.07) is 64.6. The molecule has 0 aliphatic rings. The van der Waals surface area contributed by atoms with E-state index in [9.17, 15) is 0 Å². The van der Waals surface area contributed by atoms with Crippen LogP contribution in [-0.2, 0) is 0 Å². The summed E-state index contributed by atoms with van der Waals surface area (Å²) >= 11 is 1.72. The van der Waals surface area contributed by atoms with E-state index in [1.165, 1.54) is 21.9 Å². The van der Waals surface area contributed by atoms with Gasteiger partial charge in [0, 0.05) is 39.5 Å². The molecular formula is C47H30N2OS. The second-order valence-electron chi connectivity index (χ2n) is 12.8. The average molecular weight is 671 g/mol. The van der Waals surface area contributed by atoms with Crippen LogP contribution in [0.4, 0.5) is 17.1 Å². The number of anilines is 3. The molecule has 0 aliphatic carbocycles. The van der Waals surface area contributed by atoms with E-state index in [2.05, 4.69) is 181 Å². The van der Waals surface area contributed by atoms with Crippen molar-refractivity contribution in [3.8, 4) is 32.8 Å². The minimum absolute atomic E-state index is 0.860. The van der Waals surface area contributed by atoms with Crippen LogP contribution in [0.25, 0.3) is 75.8 Å². The van der Waals surface area contributed by atoms with Crippen molar-refractivity contribution in [1.29, 1.82) is 0 Å². The van der Waals surface area contributed by atoms with Crippen LogP contribution in [0, 0.1) is 0 Å². The van der Waals surface area contributed by atoms with Gasteiger partial charge in [0.1, 0.15) is 16.2 Å². The third-order valence-corrected chi connectivity index (χ3v) is 10.8. The third kappa shape index (κ3) is 5.34. The normalized spacial score (nSPS) is 11.5. The lowest BCUT2D eigenvalue weighted by Gasteiger charge is -2.26. The monoisotopic (exact) mass is 670 g/mol. The van der Waals surface area contributed by atoms with E-state index in [1.807, 2.05) is 6.07 Å². The van der Waals surface area contributed by atoms with Crippen LogP contribution in [0.3, 0.4) is 0 Å². The summed E-state index contributed by atoms with van der Waals surface area (Å²) in [5, 5.41) is 5.70. The highest BCUT2D eigenvalue weighted by Gasteiger charge is 2.16. The lowest BCUT2D eigenvalue weighted by molar-refractivity contribution is 0.669. The average Bonchev–Trinajstić information content (AvgIpc) is 3.78. The first kappa shape index (κ1) is 29.4. The molecule has 0 atom stereocenters. The van der Waals surface area contributed by atoms with E-state index in [4.69, 9.17) is 9.40 Å². The van der Waals surface area contributed by atoms with Gasteiger partial charge in [0.2, 0.25) is 0 Å². The largest absolute Gasteiger partial charge is 0.456 e. The van der Waals surface area contributed by atoms with E-state index in [0.29, 0.717) is 0 Å². The molecule has 0 aliphatic heterocycles. The highest BCUT2D eigenvalue weighted by molar-refractivity contribution is 7.21. The maximum absolute atomic E-state index is 6.45. The molecule has 0 bridgehead atoms. The molecule has 2 aromatic heterocycles. The Morgan fingerprint density at radius 3 is 1.71 bits per heavy atom. The molecule has 0 radical (unpaired) electrons. The highest BCUT2D eigenvalue weighted by atomic mass is 32.1. The Kier molecular flexibility index (Phi) is 7.00. The number of fused-ring (bicyclic) bond motifs is 5. The lowest BCUT2D eigenvalue weighted by atomic mass is 10.0. The lowest BCUT2D eigenvalue weighted by Crippen LogP contribution is -2.09. The fourth-order valence-corrected chi connectivity index (χ4v) is 8.07. The third-order valence-electron chi connectivity index (χ3n) is 9.68. The molecule has 10 aromatic rings. The van der Waals surface area contributed by atoms with Crippen LogP contribution in [-0.4, -0.2) is 4.98 Å². The summed E-state index contributed by atoms with van der Waals surface area (Å²) in [6.07, 6.45) is 0. The first-order valence-corrected chi connectivity index (χ1v) is 17.9. The van der Waals surface area contributed by atoms with Crippen molar-refractivity contribution in [3.05, 3.63) is 182 Å². The quantitative estimate of drug-likeness (QED) is 0.176. The molecule has 240 valence electrons. The molecule has 10 rings (SSSR count). The molecule has 0 fully saturated rings. The summed E-state index contributed by atoms with van der Waals surface area (Å²) in [5.41, 5.74) is 11.8. The van der Waals surface area contributed by atoms with Gasteiger partial charge in [0.15, 0.2) is 0 Å². The number of furan rings is 1. The van der Waals surface area contributed by atoms with Crippen molar-refractivity contribution in [2.75, 3.05) is 4.90 Å². The first-order valence-electron chi connectivity index (χ1n) is 17.1. The van der Waals surface area contributed by atoms with E-state index in [0.717, 1.165) is 70.9 Å². The van der Waals surface area contributed by atoms with Crippen molar-refractivity contribution >= 4 is 71.3 Å². The van der Waals surface area contributed by atoms with Crippen molar-refractivity contribution in [2.24, 2.45) is 0 Å². The van der Waals surface area contributed by atoms with Gasteiger partial charge in [-0.05, 0) is 87.6 Å². The number of rotatable bonds is 6. The van der Waals surface area contributed by atoms with Crippen molar-refractivity contribution in [2.45, 2.75) is 0 Å². The molecule has 0 N–H and O–H groups in total. The molecule has 51 heavy (non-hydrogen) atoms. The van der Waals surface area contributed by atoms with Gasteiger partial charge >= 0.3 is 0 Å². The van der Waals surface area contributed by atoms with Crippen molar-refractivity contribution in [3.63, 3.8) is 0 Å². The Balaban J connectivity index is 1.00. The Morgan fingerprint density at radius 2 is 0.980 bits per heavy atom. The highest BCUT2D eigenvalue weighted by Crippen LogP contribution is 2.40. The number of hydrogen-bond donors (Lipinski definition) is 0. The number of benzene rings is 8. The number of aromatic nitrogens is 1. The zero-order valence-corrected chi connectivity index (χ0v) is 28.3. The van der Waals surface area contributed by atoms with Gasteiger partial charge in [0.05, 0.1) is 10.2 Å². The SMILES string of the molecule is c1ccc(-c2ccc(N(c3ccc(-c4ccc5c(c4)oc4cc6nc(-c7ccccc7)sc6cc45)cc3)c3ccc4ccccc4c3)cc2)cc1. The molecule has 0 amide bonds. The van der Waals surface area contributed by atoms with Gasteiger partial charge in [-0.3, -0.25) is 0 Å². The second kappa shape index (κ2) is 12.1. The summed E-state index contributed by atoms with van der Waals surface area (Å²) in [4.78, 5) is 7.25. The number of nitrogens with zero attached hydrogens (tertiary/aromatic N) is 2. The summed E-state index contributed by atoms with van der Waals surface area (Å²) in [5.74, 6) is 0. The summed E-state index contributed by atoms with van der Waals surface area (Å²) in [6.45, 7) is 0. The molecule has 0 saturated heterocycles. The van der Waals surface area contributed by atoms with E-state index < -0.39 is 0 Å². The molecule has 4 heteroatoms. The first-order chi connectivity index (χ1) is 25.2. The topological polar surface area (TPSA) is 29.3 Å². The van der Waals surface area contributed by atoms with Crippen LogP contribution < -0.4 is 4.90 Å². The fourth-order valence-electron chi connectivity index (χ4n) is 7.08. The van der Waals surface area contributed by atoms with Gasteiger partial charge < -0.3 is 9.32 Å². The van der Waals surface area contributed by atoms with Gasteiger partial charge in [0.25, 0.3) is 0 Å². The van der Waals surface area contributed by atoms with Gasteiger partial charge in [-0.1, -0.05) is 121 Å². The fraction of sp³-hybridized carbons (Fsp3) is 0.